The normalized spacial score (nSPS) is 43.2. The van der Waals surface area contributed by atoms with Crippen LogP contribution in [-0.4, -0.2) is 11.2 Å². The zero-order valence-corrected chi connectivity index (χ0v) is 6.71. The summed E-state index contributed by atoms with van der Waals surface area (Å²) in [5, 5.41) is 9.62. The SMILES string of the molecule is C=C1CC2CC(=[13CH2])[C@@H]1[C@H](O)C2. The molecular formula is C10H14O. The van der Waals surface area contributed by atoms with Crippen LogP contribution in [-0.2, 0) is 0 Å². The zero-order valence-electron chi connectivity index (χ0n) is 6.71. The summed E-state index contributed by atoms with van der Waals surface area (Å²) in [6, 6.07) is 0. The van der Waals surface area contributed by atoms with Gasteiger partial charge in [-0.15, -0.1) is 0 Å². The predicted octanol–water partition coefficient (Wildman–Crippen LogP) is 1.89. The average molecular weight is 151 g/mol. The molecule has 0 aromatic heterocycles. The minimum absolute atomic E-state index is 0.178. The Bertz CT molecular complexity index is 199. The van der Waals surface area contributed by atoms with E-state index in [1.54, 1.807) is 0 Å². The van der Waals surface area contributed by atoms with Crippen molar-refractivity contribution in [3.63, 3.8) is 0 Å². The molecule has 1 nitrogen and oxygen atoms in total. The molecule has 0 aromatic rings. The Morgan fingerprint density at radius 1 is 1.18 bits per heavy atom. The third-order valence-electron chi connectivity index (χ3n) is 2.94. The molecule has 0 amide bonds. The van der Waals surface area contributed by atoms with Crippen LogP contribution in [0.25, 0.3) is 0 Å². The van der Waals surface area contributed by atoms with Crippen molar-refractivity contribution in [3.8, 4) is 0 Å². The van der Waals surface area contributed by atoms with Gasteiger partial charge in [0.25, 0.3) is 0 Å². The van der Waals surface area contributed by atoms with E-state index >= 15 is 0 Å². The van der Waals surface area contributed by atoms with Crippen LogP contribution < -0.4 is 0 Å². The fourth-order valence-corrected chi connectivity index (χ4v) is 2.54. The summed E-state index contributed by atoms with van der Waals surface area (Å²) in [5.74, 6) is 0.856. The third kappa shape index (κ3) is 0.951. The van der Waals surface area contributed by atoms with Gasteiger partial charge >= 0.3 is 0 Å². The number of aliphatic hydroxyl groups excluding tert-OH is 1. The first kappa shape index (κ1) is 7.11. The maximum atomic E-state index is 9.62. The van der Waals surface area contributed by atoms with Crippen LogP contribution in [0.2, 0.25) is 0 Å². The third-order valence-corrected chi connectivity index (χ3v) is 2.94. The van der Waals surface area contributed by atoms with E-state index in [0.717, 1.165) is 19.3 Å². The van der Waals surface area contributed by atoms with E-state index in [1.807, 2.05) is 0 Å². The maximum Gasteiger partial charge on any atom is 0.0645 e. The average Bonchev–Trinajstić information content (AvgIpc) is 1.82. The molecule has 60 valence electrons. The van der Waals surface area contributed by atoms with E-state index in [0.29, 0.717) is 5.92 Å². The highest BCUT2D eigenvalue weighted by molar-refractivity contribution is 5.27. The van der Waals surface area contributed by atoms with Gasteiger partial charge in [0, 0.05) is 5.92 Å². The van der Waals surface area contributed by atoms with Crippen molar-refractivity contribution in [2.24, 2.45) is 11.8 Å². The Balaban J connectivity index is 2.30. The molecule has 0 saturated heterocycles. The van der Waals surface area contributed by atoms with Gasteiger partial charge in [-0.3, -0.25) is 0 Å². The first-order valence-corrected chi connectivity index (χ1v) is 4.22. The number of hydrogen-bond donors (Lipinski definition) is 1. The Kier molecular flexibility index (Phi) is 1.43. The van der Waals surface area contributed by atoms with Crippen LogP contribution in [0.15, 0.2) is 24.3 Å². The van der Waals surface area contributed by atoms with Crippen molar-refractivity contribution in [2.75, 3.05) is 0 Å². The summed E-state index contributed by atoms with van der Waals surface area (Å²) in [4.78, 5) is 0. The van der Waals surface area contributed by atoms with E-state index in [-0.39, 0.29) is 12.0 Å². The molecule has 3 aliphatic rings. The number of aliphatic hydroxyl groups is 1. The van der Waals surface area contributed by atoms with E-state index in [2.05, 4.69) is 13.2 Å². The molecule has 1 heteroatoms. The van der Waals surface area contributed by atoms with Crippen molar-refractivity contribution >= 4 is 0 Å². The molecule has 11 heavy (non-hydrogen) atoms. The smallest absolute Gasteiger partial charge is 0.0645 e. The van der Waals surface area contributed by atoms with Gasteiger partial charge in [-0.1, -0.05) is 24.3 Å². The highest BCUT2D eigenvalue weighted by Crippen LogP contribution is 2.46. The molecule has 3 fully saturated rings. The van der Waals surface area contributed by atoms with E-state index in [1.165, 1.54) is 11.1 Å². The van der Waals surface area contributed by atoms with Crippen molar-refractivity contribution in [1.82, 2.24) is 0 Å². The summed E-state index contributed by atoms with van der Waals surface area (Å²) >= 11 is 0. The van der Waals surface area contributed by atoms with Gasteiger partial charge in [0.1, 0.15) is 0 Å². The summed E-state index contributed by atoms with van der Waals surface area (Å²) < 4.78 is 0. The molecule has 0 aromatic carbocycles. The molecule has 3 rings (SSSR count). The summed E-state index contributed by atoms with van der Waals surface area (Å²) in [6.07, 6.45) is 3.01. The number of hydrogen-bond acceptors (Lipinski definition) is 1. The van der Waals surface area contributed by atoms with Crippen LogP contribution >= 0.6 is 0 Å². The first-order chi connectivity index (χ1) is 5.18. The molecule has 2 bridgehead atoms. The minimum atomic E-state index is -0.178. The molecule has 0 spiro atoms. The zero-order chi connectivity index (χ0) is 8.01. The highest BCUT2D eigenvalue weighted by Gasteiger charge is 2.39. The topological polar surface area (TPSA) is 20.2 Å². The fraction of sp³-hybridized carbons (Fsp3) is 0.600. The summed E-state index contributed by atoms with van der Waals surface area (Å²) in [7, 11) is 0. The van der Waals surface area contributed by atoms with Crippen LogP contribution in [0.4, 0.5) is 0 Å². The Morgan fingerprint density at radius 2 is 1.73 bits per heavy atom. The van der Waals surface area contributed by atoms with Crippen LogP contribution in [0.3, 0.4) is 0 Å². The second-order valence-corrected chi connectivity index (χ2v) is 3.87. The minimum Gasteiger partial charge on any atom is -0.392 e. The molecule has 3 aliphatic carbocycles. The molecule has 0 radical (unpaired) electrons. The lowest BCUT2D eigenvalue weighted by molar-refractivity contribution is 0.0655. The lowest BCUT2D eigenvalue weighted by Crippen LogP contribution is -2.37. The van der Waals surface area contributed by atoms with Crippen LogP contribution in [0.5, 0.6) is 0 Å². The second kappa shape index (κ2) is 2.21. The molecule has 1 unspecified atom stereocenters. The van der Waals surface area contributed by atoms with Crippen molar-refractivity contribution < 1.29 is 5.11 Å². The van der Waals surface area contributed by atoms with Gasteiger partial charge in [-0.25, -0.2) is 0 Å². The maximum absolute atomic E-state index is 9.62. The first-order valence-electron chi connectivity index (χ1n) is 4.22. The standard InChI is InChI=1S/C10H14O/c1-6-3-8-4-7(2)10(6)9(11)5-8/h8-11H,1-5H2/t8?,9-,10-/m1/s1/i1+1/t8?,9-,10+. The Labute approximate surface area is 67.4 Å². The van der Waals surface area contributed by atoms with Crippen molar-refractivity contribution in [2.45, 2.75) is 25.4 Å². The lowest BCUT2D eigenvalue weighted by atomic mass is 9.65. The summed E-state index contributed by atoms with van der Waals surface area (Å²) in [5.41, 5.74) is 2.40. The monoisotopic (exact) mass is 151 g/mol. The Morgan fingerprint density at radius 3 is 2.00 bits per heavy atom. The molecular weight excluding hydrogens is 137 g/mol. The van der Waals surface area contributed by atoms with E-state index < -0.39 is 0 Å². The van der Waals surface area contributed by atoms with E-state index in [9.17, 15) is 5.11 Å². The Hall–Kier alpha value is -0.560. The van der Waals surface area contributed by atoms with Crippen LogP contribution in [0.1, 0.15) is 19.3 Å². The largest absolute Gasteiger partial charge is 0.392 e. The van der Waals surface area contributed by atoms with E-state index in [4.69, 9.17) is 0 Å². The van der Waals surface area contributed by atoms with Gasteiger partial charge in [0.15, 0.2) is 0 Å². The fourth-order valence-electron chi connectivity index (χ4n) is 2.54. The lowest BCUT2D eigenvalue weighted by Gasteiger charge is -2.43. The van der Waals surface area contributed by atoms with Gasteiger partial charge in [0.05, 0.1) is 6.10 Å². The quantitative estimate of drug-likeness (QED) is 0.414. The predicted molar refractivity (Wildman–Crippen MR) is 45.1 cm³/mol. The highest BCUT2D eigenvalue weighted by atomic mass is 16.3. The number of fused-ring (bicyclic) bond motifs is 3. The van der Waals surface area contributed by atoms with Gasteiger partial charge < -0.3 is 5.11 Å². The van der Waals surface area contributed by atoms with Crippen LogP contribution in [0, 0.1) is 11.8 Å². The molecule has 0 aliphatic heterocycles. The molecule has 1 N–H and O–H groups in total. The van der Waals surface area contributed by atoms with Gasteiger partial charge in [-0.05, 0) is 25.2 Å². The summed E-state index contributed by atoms with van der Waals surface area (Å²) in [6.45, 7) is 7.95. The van der Waals surface area contributed by atoms with Gasteiger partial charge in [-0.2, -0.15) is 0 Å². The molecule has 0 heterocycles. The second-order valence-electron chi connectivity index (χ2n) is 3.87. The molecule has 3 saturated carbocycles. The molecule has 3 atom stereocenters. The number of rotatable bonds is 0. The van der Waals surface area contributed by atoms with Gasteiger partial charge in [0.2, 0.25) is 0 Å². The van der Waals surface area contributed by atoms with Crippen molar-refractivity contribution in [3.05, 3.63) is 24.3 Å². The van der Waals surface area contributed by atoms with Crippen molar-refractivity contribution in [1.29, 1.82) is 0 Å².